The molecule has 17 heavy (non-hydrogen) atoms. The maximum Gasteiger partial charge on any atom is 0.0473 e. The van der Waals surface area contributed by atoms with Crippen molar-refractivity contribution >= 4 is 11.6 Å². The van der Waals surface area contributed by atoms with E-state index in [1.807, 2.05) is 12.1 Å². The lowest BCUT2D eigenvalue weighted by Gasteiger charge is -2.37. The van der Waals surface area contributed by atoms with E-state index in [1.54, 1.807) is 0 Å². The summed E-state index contributed by atoms with van der Waals surface area (Å²) in [6, 6.07) is 8.71. The first-order valence-electron chi connectivity index (χ1n) is 6.37. The second-order valence-corrected chi connectivity index (χ2v) is 5.60. The topological polar surface area (TPSA) is 15.3 Å². The van der Waals surface area contributed by atoms with Gasteiger partial charge in [0, 0.05) is 37.2 Å². The van der Waals surface area contributed by atoms with Crippen LogP contribution in [0, 0.1) is 5.92 Å². The van der Waals surface area contributed by atoms with E-state index in [0.29, 0.717) is 12.0 Å². The van der Waals surface area contributed by atoms with E-state index in [4.69, 9.17) is 11.6 Å². The molecule has 1 aromatic carbocycles. The molecule has 1 unspecified atom stereocenters. The quantitative estimate of drug-likeness (QED) is 0.890. The van der Waals surface area contributed by atoms with Crippen LogP contribution in [0.1, 0.15) is 25.5 Å². The van der Waals surface area contributed by atoms with Crippen molar-refractivity contribution in [3.8, 4) is 0 Å². The molecule has 0 saturated carbocycles. The molecule has 1 atom stereocenters. The lowest BCUT2D eigenvalue weighted by Crippen LogP contribution is -2.47. The van der Waals surface area contributed by atoms with Crippen LogP contribution >= 0.6 is 11.6 Å². The second kappa shape index (κ2) is 5.85. The fraction of sp³-hybridized carbons (Fsp3) is 0.571. The van der Waals surface area contributed by atoms with Crippen LogP contribution in [-0.4, -0.2) is 31.1 Å². The number of rotatable bonds is 3. The third-order valence-electron chi connectivity index (χ3n) is 3.19. The highest BCUT2D eigenvalue weighted by Gasteiger charge is 2.24. The summed E-state index contributed by atoms with van der Waals surface area (Å²) in [5.74, 6) is 0.704. The van der Waals surface area contributed by atoms with Gasteiger partial charge in [0.1, 0.15) is 0 Å². The molecule has 0 aliphatic carbocycles. The van der Waals surface area contributed by atoms with Gasteiger partial charge in [-0.2, -0.15) is 0 Å². The largest absolute Gasteiger partial charge is 0.314 e. The fourth-order valence-corrected chi connectivity index (χ4v) is 2.68. The van der Waals surface area contributed by atoms with Gasteiger partial charge in [0.2, 0.25) is 0 Å². The summed E-state index contributed by atoms with van der Waals surface area (Å²) in [7, 11) is 0. The van der Waals surface area contributed by atoms with Crippen molar-refractivity contribution in [1.29, 1.82) is 0 Å². The molecule has 94 valence electrons. The van der Waals surface area contributed by atoms with Gasteiger partial charge in [0.05, 0.1) is 0 Å². The first-order valence-corrected chi connectivity index (χ1v) is 6.75. The number of nitrogens with zero attached hydrogens (tertiary/aromatic N) is 1. The molecule has 0 amide bonds. The van der Waals surface area contributed by atoms with Crippen molar-refractivity contribution in [2.24, 2.45) is 5.92 Å². The summed E-state index contributed by atoms with van der Waals surface area (Å²) in [6.07, 6.45) is 0. The molecule has 1 aromatic rings. The number of hydrogen-bond acceptors (Lipinski definition) is 2. The lowest BCUT2D eigenvalue weighted by atomic mass is 10.0. The molecular weight excluding hydrogens is 232 g/mol. The Kier molecular flexibility index (Phi) is 4.43. The zero-order valence-electron chi connectivity index (χ0n) is 10.6. The van der Waals surface area contributed by atoms with Gasteiger partial charge in [-0.25, -0.2) is 0 Å². The fourth-order valence-electron chi connectivity index (χ4n) is 2.48. The van der Waals surface area contributed by atoms with E-state index < -0.39 is 0 Å². The van der Waals surface area contributed by atoms with Crippen molar-refractivity contribution in [2.45, 2.75) is 19.9 Å². The summed E-state index contributed by atoms with van der Waals surface area (Å²) >= 11 is 6.08. The van der Waals surface area contributed by atoms with Crippen LogP contribution in [-0.2, 0) is 0 Å². The summed E-state index contributed by atoms with van der Waals surface area (Å²) in [4.78, 5) is 2.56. The van der Waals surface area contributed by atoms with E-state index in [2.05, 4.69) is 36.2 Å². The molecule has 1 heterocycles. The van der Waals surface area contributed by atoms with E-state index in [0.717, 1.165) is 31.2 Å². The minimum absolute atomic E-state index is 0.463. The molecule has 0 aromatic heterocycles. The molecule has 2 nitrogen and oxygen atoms in total. The van der Waals surface area contributed by atoms with E-state index in [1.165, 1.54) is 5.56 Å². The molecular formula is C14H21ClN2. The third kappa shape index (κ3) is 3.44. The molecule has 1 saturated heterocycles. The molecule has 0 spiro atoms. The van der Waals surface area contributed by atoms with Gasteiger partial charge in [-0.3, -0.25) is 4.90 Å². The first kappa shape index (κ1) is 12.9. The minimum Gasteiger partial charge on any atom is -0.314 e. The Morgan fingerprint density at radius 1 is 1.47 bits per heavy atom. The Labute approximate surface area is 109 Å². The molecule has 1 aliphatic rings. The molecule has 0 radical (unpaired) electrons. The zero-order valence-corrected chi connectivity index (χ0v) is 11.4. The Morgan fingerprint density at radius 2 is 2.29 bits per heavy atom. The van der Waals surface area contributed by atoms with Gasteiger partial charge in [0.15, 0.2) is 0 Å². The lowest BCUT2D eigenvalue weighted by molar-refractivity contribution is 0.144. The van der Waals surface area contributed by atoms with Gasteiger partial charge in [0.25, 0.3) is 0 Å². The Bertz CT molecular complexity index is 365. The van der Waals surface area contributed by atoms with Gasteiger partial charge < -0.3 is 5.32 Å². The van der Waals surface area contributed by atoms with Crippen molar-refractivity contribution in [3.63, 3.8) is 0 Å². The van der Waals surface area contributed by atoms with Gasteiger partial charge in [-0.05, 0) is 23.6 Å². The number of benzene rings is 1. The van der Waals surface area contributed by atoms with E-state index in [9.17, 15) is 0 Å². The minimum atomic E-state index is 0.463. The average molecular weight is 253 g/mol. The van der Waals surface area contributed by atoms with Crippen molar-refractivity contribution in [2.75, 3.05) is 26.2 Å². The van der Waals surface area contributed by atoms with Crippen molar-refractivity contribution in [1.82, 2.24) is 10.2 Å². The Balaban J connectivity index is 2.15. The van der Waals surface area contributed by atoms with Crippen LogP contribution < -0.4 is 5.32 Å². The van der Waals surface area contributed by atoms with Crippen LogP contribution in [0.25, 0.3) is 0 Å². The first-order chi connectivity index (χ1) is 8.16. The van der Waals surface area contributed by atoms with Gasteiger partial charge in [-0.1, -0.05) is 37.6 Å². The maximum atomic E-state index is 6.08. The van der Waals surface area contributed by atoms with Crippen LogP contribution in [0.4, 0.5) is 0 Å². The van der Waals surface area contributed by atoms with E-state index >= 15 is 0 Å². The van der Waals surface area contributed by atoms with Crippen LogP contribution in [0.3, 0.4) is 0 Å². The van der Waals surface area contributed by atoms with Gasteiger partial charge in [-0.15, -0.1) is 0 Å². The normalized spacial score (nSPS) is 22.0. The molecule has 1 N–H and O–H groups in total. The predicted molar refractivity (Wildman–Crippen MR) is 73.5 cm³/mol. The number of halogens is 1. The van der Waals surface area contributed by atoms with E-state index in [-0.39, 0.29) is 0 Å². The molecule has 1 fully saturated rings. The smallest absolute Gasteiger partial charge is 0.0473 e. The number of hydrogen-bond donors (Lipinski definition) is 1. The molecule has 3 heteroatoms. The Morgan fingerprint density at radius 3 is 3.00 bits per heavy atom. The summed E-state index contributed by atoms with van der Waals surface area (Å²) < 4.78 is 0. The molecule has 2 rings (SSSR count). The summed E-state index contributed by atoms with van der Waals surface area (Å²) in [5, 5.41) is 4.30. The Hall–Kier alpha value is -0.570. The zero-order chi connectivity index (χ0) is 12.3. The number of nitrogens with one attached hydrogen (secondary N) is 1. The highest BCUT2D eigenvalue weighted by molar-refractivity contribution is 6.30. The predicted octanol–water partition coefficient (Wildman–Crippen LogP) is 2.94. The van der Waals surface area contributed by atoms with Crippen molar-refractivity contribution in [3.05, 3.63) is 34.9 Å². The van der Waals surface area contributed by atoms with Crippen LogP contribution in [0.15, 0.2) is 24.3 Å². The van der Waals surface area contributed by atoms with Crippen LogP contribution in [0.2, 0.25) is 5.02 Å². The second-order valence-electron chi connectivity index (χ2n) is 5.16. The third-order valence-corrected chi connectivity index (χ3v) is 3.42. The number of piperazine rings is 1. The summed E-state index contributed by atoms with van der Waals surface area (Å²) in [5.41, 5.74) is 1.32. The summed E-state index contributed by atoms with van der Waals surface area (Å²) in [6.45, 7) is 8.93. The standard InChI is InChI=1S/C14H21ClN2/c1-11(2)10-17-7-6-16-9-14(17)12-4-3-5-13(15)8-12/h3-5,8,11,14,16H,6-7,9-10H2,1-2H3. The monoisotopic (exact) mass is 252 g/mol. The molecule has 1 aliphatic heterocycles. The SMILES string of the molecule is CC(C)CN1CCNCC1c1cccc(Cl)c1. The average Bonchev–Trinajstić information content (AvgIpc) is 2.29. The molecule has 0 bridgehead atoms. The highest BCUT2D eigenvalue weighted by Crippen LogP contribution is 2.25. The van der Waals surface area contributed by atoms with Crippen LogP contribution in [0.5, 0.6) is 0 Å². The van der Waals surface area contributed by atoms with Gasteiger partial charge >= 0.3 is 0 Å². The highest BCUT2D eigenvalue weighted by atomic mass is 35.5. The van der Waals surface area contributed by atoms with Crippen molar-refractivity contribution < 1.29 is 0 Å². The maximum absolute atomic E-state index is 6.08.